The van der Waals surface area contributed by atoms with Crippen LogP contribution < -0.4 is 5.32 Å². The summed E-state index contributed by atoms with van der Waals surface area (Å²) in [5, 5.41) is 13.5. The maximum atomic E-state index is 12.0. The fourth-order valence-corrected chi connectivity index (χ4v) is 1.88. The molecule has 3 rings (SSSR count). The summed E-state index contributed by atoms with van der Waals surface area (Å²) >= 11 is 5.91. The Hall–Kier alpha value is -2.47. The van der Waals surface area contributed by atoms with Crippen molar-refractivity contribution in [3.8, 4) is 0 Å². The number of pyridine rings is 1. The van der Waals surface area contributed by atoms with Gasteiger partial charge in [0.25, 0.3) is 5.91 Å². The minimum atomic E-state index is -0.296. The van der Waals surface area contributed by atoms with E-state index in [9.17, 15) is 4.79 Å². The number of H-pyrrole nitrogens is 1. The number of hydrogen-bond acceptors (Lipinski definition) is 4. The van der Waals surface area contributed by atoms with Crippen LogP contribution in [0.1, 0.15) is 10.4 Å². The van der Waals surface area contributed by atoms with Crippen LogP contribution in [0, 0.1) is 0 Å². The molecule has 0 aliphatic carbocycles. The lowest BCUT2D eigenvalue weighted by Crippen LogP contribution is -2.12. The number of carbonyl (C=O) groups is 1. The maximum absolute atomic E-state index is 12.0. The minimum Gasteiger partial charge on any atom is -0.322 e. The Balaban J connectivity index is 1.88. The molecule has 1 amide bonds. The lowest BCUT2D eigenvalue weighted by molar-refractivity contribution is 0.102. The Morgan fingerprint density at radius 1 is 1.21 bits per heavy atom. The van der Waals surface area contributed by atoms with Gasteiger partial charge in [0.05, 0.1) is 10.6 Å². The van der Waals surface area contributed by atoms with E-state index in [-0.39, 0.29) is 5.91 Å². The molecule has 0 saturated heterocycles. The van der Waals surface area contributed by atoms with E-state index in [1.165, 1.54) is 12.4 Å². The van der Waals surface area contributed by atoms with Gasteiger partial charge in [-0.1, -0.05) is 11.6 Å². The van der Waals surface area contributed by atoms with Crippen molar-refractivity contribution >= 4 is 34.2 Å². The molecule has 0 unspecified atom stereocenters. The minimum absolute atomic E-state index is 0.296. The van der Waals surface area contributed by atoms with Crippen LogP contribution in [0.25, 0.3) is 11.0 Å². The van der Waals surface area contributed by atoms with Gasteiger partial charge in [-0.2, -0.15) is 15.4 Å². The fraction of sp³-hybridized carbons (Fsp3) is 0. The number of halogens is 1. The molecule has 2 aromatic heterocycles. The lowest BCUT2D eigenvalue weighted by Gasteiger charge is -2.05. The molecule has 7 heteroatoms. The number of anilines is 1. The molecule has 0 spiro atoms. The Kier molecular flexibility index (Phi) is 2.85. The van der Waals surface area contributed by atoms with Crippen molar-refractivity contribution in [1.29, 1.82) is 0 Å². The number of rotatable bonds is 2. The zero-order chi connectivity index (χ0) is 13.2. The van der Waals surface area contributed by atoms with Gasteiger partial charge in [0, 0.05) is 18.1 Å². The third-order valence-corrected chi connectivity index (χ3v) is 2.89. The molecule has 3 aromatic rings. The van der Waals surface area contributed by atoms with Crippen LogP contribution in [0.5, 0.6) is 0 Å². The summed E-state index contributed by atoms with van der Waals surface area (Å²) in [5.41, 5.74) is 2.41. The fourth-order valence-electron chi connectivity index (χ4n) is 1.68. The van der Waals surface area contributed by atoms with Crippen LogP contribution in [0.4, 0.5) is 5.69 Å². The van der Waals surface area contributed by atoms with E-state index in [0.29, 0.717) is 21.8 Å². The Bertz CT molecular complexity index is 754. The van der Waals surface area contributed by atoms with Crippen molar-refractivity contribution in [3.05, 3.63) is 47.2 Å². The predicted molar refractivity (Wildman–Crippen MR) is 71.1 cm³/mol. The molecule has 0 saturated carbocycles. The van der Waals surface area contributed by atoms with Crippen molar-refractivity contribution in [2.45, 2.75) is 0 Å². The summed E-state index contributed by atoms with van der Waals surface area (Å²) in [5.74, 6) is -0.296. The van der Waals surface area contributed by atoms with Crippen molar-refractivity contribution in [1.82, 2.24) is 20.4 Å². The van der Waals surface area contributed by atoms with Gasteiger partial charge >= 0.3 is 0 Å². The van der Waals surface area contributed by atoms with Crippen LogP contribution in [-0.2, 0) is 0 Å². The molecule has 0 atom stereocenters. The highest BCUT2D eigenvalue weighted by atomic mass is 35.5. The van der Waals surface area contributed by atoms with E-state index in [0.717, 1.165) is 5.52 Å². The van der Waals surface area contributed by atoms with Crippen LogP contribution >= 0.6 is 11.6 Å². The summed E-state index contributed by atoms with van der Waals surface area (Å²) in [6.07, 6.45) is 2.94. The number of amides is 1. The van der Waals surface area contributed by atoms with Gasteiger partial charge in [-0.05, 0) is 24.3 Å². The molecule has 19 heavy (non-hydrogen) atoms. The van der Waals surface area contributed by atoms with Gasteiger partial charge in [0.1, 0.15) is 11.0 Å². The predicted octanol–water partition coefficient (Wildman–Crippen LogP) is 2.26. The largest absolute Gasteiger partial charge is 0.322 e. The van der Waals surface area contributed by atoms with Crippen molar-refractivity contribution in [3.63, 3.8) is 0 Å². The van der Waals surface area contributed by atoms with Gasteiger partial charge in [0.15, 0.2) is 0 Å². The number of nitrogens with zero attached hydrogens (tertiary/aromatic N) is 3. The van der Waals surface area contributed by atoms with E-state index >= 15 is 0 Å². The second kappa shape index (κ2) is 4.66. The van der Waals surface area contributed by atoms with Crippen LogP contribution in [0.15, 0.2) is 36.7 Å². The first-order valence-electron chi connectivity index (χ1n) is 5.45. The molecule has 6 nitrogen and oxygen atoms in total. The second-order valence-electron chi connectivity index (χ2n) is 3.84. The van der Waals surface area contributed by atoms with Gasteiger partial charge < -0.3 is 5.32 Å². The summed E-state index contributed by atoms with van der Waals surface area (Å²) in [6.45, 7) is 0. The van der Waals surface area contributed by atoms with Crippen molar-refractivity contribution in [2.75, 3.05) is 5.32 Å². The first-order chi connectivity index (χ1) is 9.24. The number of hydrogen-bond donors (Lipinski definition) is 2. The molecule has 0 fully saturated rings. The van der Waals surface area contributed by atoms with Gasteiger partial charge in [-0.15, -0.1) is 0 Å². The first-order valence-corrected chi connectivity index (χ1v) is 5.83. The Morgan fingerprint density at radius 3 is 2.89 bits per heavy atom. The molecule has 0 bridgehead atoms. The molecule has 0 aliphatic rings. The average molecular weight is 274 g/mol. The van der Waals surface area contributed by atoms with Crippen LogP contribution in [0.3, 0.4) is 0 Å². The quantitative estimate of drug-likeness (QED) is 0.750. The molecule has 94 valence electrons. The number of carbonyl (C=O) groups excluding carboxylic acids is 1. The number of benzene rings is 1. The van der Waals surface area contributed by atoms with E-state index in [1.54, 1.807) is 24.3 Å². The highest BCUT2D eigenvalue weighted by Crippen LogP contribution is 2.18. The standard InChI is InChI=1S/C12H8ClN5O/c13-9-6-14-4-3-8(9)12(19)15-7-1-2-10-11(5-7)17-18-16-10/h1-6H,(H,15,19)(H,16,17,18). The third kappa shape index (κ3) is 2.25. The van der Waals surface area contributed by atoms with Gasteiger partial charge in [0.2, 0.25) is 0 Å². The third-order valence-electron chi connectivity index (χ3n) is 2.59. The van der Waals surface area contributed by atoms with Crippen LogP contribution in [-0.4, -0.2) is 26.3 Å². The summed E-state index contributed by atoms with van der Waals surface area (Å²) < 4.78 is 0. The monoisotopic (exact) mass is 273 g/mol. The average Bonchev–Trinajstić information content (AvgIpc) is 2.86. The number of aromatic amines is 1. The summed E-state index contributed by atoms with van der Waals surface area (Å²) in [6, 6.07) is 6.80. The zero-order valence-corrected chi connectivity index (χ0v) is 10.3. The van der Waals surface area contributed by atoms with E-state index in [2.05, 4.69) is 25.7 Å². The zero-order valence-electron chi connectivity index (χ0n) is 9.59. The molecule has 1 aromatic carbocycles. The van der Waals surface area contributed by atoms with E-state index in [1.807, 2.05) is 0 Å². The second-order valence-corrected chi connectivity index (χ2v) is 4.24. The smallest absolute Gasteiger partial charge is 0.257 e. The molecule has 2 N–H and O–H groups in total. The maximum Gasteiger partial charge on any atom is 0.257 e. The number of aromatic nitrogens is 4. The van der Waals surface area contributed by atoms with E-state index in [4.69, 9.17) is 11.6 Å². The van der Waals surface area contributed by atoms with Gasteiger partial charge in [-0.25, -0.2) is 0 Å². The topological polar surface area (TPSA) is 83.6 Å². The van der Waals surface area contributed by atoms with Crippen LogP contribution in [0.2, 0.25) is 5.02 Å². The SMILES string of the molecule is O=C(Nc1ccc2n[nH]nc2c1)c1ccncc1Cl. The normalized spacial score (nSPS) is 10.6. The Morgan fingerprint density at radius 2 is 2.05 bits per heavy atom. The summed E-state index contributed by atoms with van der Waals surface area (Å²) in [7, 11) is 0. The highest BCUT2D eigenvalue weighted by molar-refractivity contribution is 6.34. The molecule has 0 aliphatic heterocycles. The Labute approximate surface area is 112 Å². The first kappa shape index (κ1) is 11.6. The summed E-state index contributed by atoms with van der Waals surface area (Å²) in [4.78, 5) is 15.9. The molecular formula is C12H8ClN5O. The van der Waals surface area contributed by atoms with Crippen molar-refractivity contribution < 1.29 is 4.79 Å². The molecular weight excluding hydrogens is 266 g/mol. The van der Waals surface area contributed by atoms with Gasteiger partial charge in [-0.3, -0.25) is 9.78 Å². The number of fused-ring (bicyclic) bond motifs is 1. The van der Waals surface area contributed by atoms with Crippen molar-refractivity contribution in [2.24, 2.45) is 0 Å². The number of nitrogens with one attached hydrogen (secondary N) is 2. The molecule has 0 radical (unpaired) electrons. The highest BCUT2D eigenvalue weighted by Gasteiger charge is 2.10. The lowest BCUT2D eigenvalue weighted by atomic mass is 10.2. The van der Waals surface area contributed by atoms with E-state index < -0.39 is 0 Å². The molecule has 2 heterocycles.